The number of rotatable bonds is 6. The maximum absolute atomic E-state index is 11.1. The van der Waals surface area contributed by atoms with Crippen molar-refractivity contribution in [3.05, 3.63) is 72.8 Å². The van der Waals surface area contributed by atoms with Gasteiger partial charge >= 0.3 is 16.8 Å². The molecule has 0 saturated carbocycles. The summed E-state index contributed by atoms with van der Waals surface area (Å²) in [5, 5.41) is 42.8. The fourth-order valence-electron chi connectivity index (χ4n) is 1.82. The van der Waals surface area contributed by atoms with Gasteiger partial charge in [0, 0.05) is 35.7 Å². The van der Waals surface area contributed by atoms with Gasteiger partial charge in [0.05, 0.1) is 11.9 Å². The molecule has 0 bridgehead atoms. The van der Waals surface area contributed by atoms with Gasteiger partial charge in [0.15, 0.2) is 0 Å². The maximum Gasteiger partial charge on any atom is 2.00 e. The van der Waals surface area contributed by atoms with E-state index in [-0.39, 0.29) is 28.3 Å². The molecule has 1 radical (unpaired) electrons. The van der Waals surface area contributed by atoms with Crippen LogP contribution in [-0.2, 0) is 36.0 Å². The maximum atomic E-state index is 11.1. The molecule has 163 valence electrons. The van der Waals surface area contributed by atoms with E-state index in [1.165, 1.54) is 24.3 Å². The van der Waals surface area contributed by atoms with E-state index in [1.54, 1.807) is 24.3 Å². The summed E-state index contributed by atoms with van der Waals surface area (Å²) in [5.41, 5.74) is 0.756. The van der Waals surface area contributed by atoms with E-state index in [1.807, 2.05) is 0 Å². The molecule has 2 aromatic rings. The van der Waals surface area contributed by atoms with E-state index in [0.717, 1.165) is 12.2 Å². The first-order valence-corrected chi connectivity index (χ1v) is 8.14. The zero-order valence-corrected chi connectivity index (χ0v) is 16.6. The van der Waals surface area contributed by atoms with Crippen molar-refractivity contribution in [1.29, 1.82) is 0 Å². The van der Waals surface area contributed by atoms with Gasteiger partial charge in [-0.1, -0.05) is 12.1 Å². The number of phenols is 2. The summed E-state index contributed by atoms with van der Waals surface area (Å²) < 4.78 is 0. The van der Waals surface area contributed by atoms with Crippen molar-refractivity contribution < 1.29 is 56.4 Å². The molecule has 0 fully saturated rings. The van der Waals surface area contributed by atoms with Crippen LogP contribution >= 0.6 is 0 Å². The molecule has 0 aliphatic carbocycles. The van der Waals surface area contributed by atoms with Crippen molar-refractivity contribution in [1.82, 2.24) is 0 Å². The van der Waals surface area contributed by atoms with Crippen molar-refractivity contribution in [2.45, 2.75) is 0 Å². The van der Waals surface area contributed by atoms with Crippen LogP contribution < -0.4 is 20.8 Å². The molecule has 0 spiro atoms. The van der Waals surface area contributed by atoms with Crippen LogP contribution in [0.3, 0.4) is 0 Å². The molecule has 2 rings (SSSR count). The second-order valence-electron chi connectivity index (χ2n) is 5.38. The molecular weight excluding hydrogens is 455 g/mol. The molecule has 0 aromatic heterocycles. The summed E-state index contributed by atoms with van der Waals surface area (Å²) in [6.07, 6.45) is 2.91. The van der Waals surface area contributed by atoms with Gasteiger partial charge < -0.3 is 40.6 Å². The first-order chi connectivity index (χ1) is 14.2. The van der Waals surface area contributed by atoms with Crippen LogP contribution in [0.2, 0.25) is 0 Å². The molecule has 11 heteroatoms. The number of carbonyl (C=O) groups excluding carboxylic acids is 4. The molecule has 0 heterocycles. The zero-order chi connectivity index (χ0) is 22.5. The quantitative estimate of drug-likeness (QED) is 0.398. The summed E-state index contributed by atoms with van der Waals surface area (Å²) in [6.45, 7) is 0. The molecule has 0 atom stereocenters. The number of carboxylic acid groups (broad SMARTS) is 2. The molecule has 0 aliphatic heterocycles. The first kappa shape index (κ1) is 26.9. The Morgan fingerprint density at radius 3 is 1.32 bits per heavy atom. The minimum absolute atomic E-state index is 0. The average molecular weight is 471 g/mol. The predicted molar refractivity (Wildman–Crippen MR) is 102 cm³/mol. The first-order valence-electron chi connectivity index (χ1n) is 8.14. The second kappa shape index (κ2) is 14.0. The van der Waals surface area contributed by atoms with Gasteiger partial charge in [0.25, 0.3) is 0 Å². The number of benzene rings is 2. The number of amides is 2. The Kier molecular flexibility index (Phi) is 12.1. The van der Waals surface area contributed by atoms with Gasteiger partial charge in [-0.25, -0.2) is 0 Å². The third-order valence-electron chi connectivity index (χ3n) is 2.97. The van der Waals surface area contributed by atoms with Gasteiger partial charge in [0.2, 0.25) is 11.8 Å². The summed E-state index contributed by atoms with van der Waals surface area (Å²) in [6, 6.07) is 11.8. The van der Waals surface area contributed by atoms with Crippen molar-refractivity contribution in [3.8, 4) is 11.5 Å². The number of aromatic hydroxyl groups is 2. The Morgan fingerprint density at radius 2 is 1.03 bits per heavy atom. The van der Waals surface area contributed by atoms with Gasteiger partial charge in [0.1, 0.15) is 11.5 Å². The monoisotopic (exact) mass is 471 g/mol. The van der Waals surface area contributed by atoms with E-state index >= 15 is 0 Å². The van der Waals surface area contributed by atoms with Gasteiger partial charge in [-0.15, -0.1) is 0 Å². The van der Waals surface area contributed by atoms with E-state index in [4.69, 9.17) is 10.2 Å². The summed E-state index contributed by atoms with van der Waals surface area (Å²) in [5.74, 6) is -4.08. The number of anilines is 2. The van der Waals surface area contributed by atoms with Crippen LogP contribution in [-0.4, -0.2) is 34.0 Å². The minimum Gasteiger partial charge on any atom is -0.545 e. The van der Waals surface area contributed by atoms with Crippen molar-refractivity contribution in [2.75, 3.05) is 10.6 Å². The normalized spacial score (nSPS) is 9.81. The van der Waals surface area contributed by atoms with Gasteiger partial charge in [-0.3, -0.25) is 9.59 Å². The standard InChI is InChI=1S/2C10H9NO4.Co/c2*12-8-3-1-2-7(6-8)11-9(13)4-5-10(14)15;/h2*1-6,12H,(H,11,13)(H,14,15);/q;;+2/p-2/b2*5-4-;. The molecule has 0 saturated heterocycles. The van der Waals surface area contributed by atoms with Crippen LogP contribution in [0, 0.1) is 0 Å². The summed E-state index contributed by atoms with van der Waals surface area (Å²) >= 11 is 0. The predicted octanol–water partition coefficient (Wildman–Crippen LogP) is -0.729. The molecule has 4 N–H and O–H groups in total. The Morgan fingerprint density at radius 1 is 0.677 bits per heavy atom. The topological polar surface area (TPSA) is 179 Å². The molecule has 31 heavy (non-hydrogen) atoms. The molecule has 2 amide bonds. The van der Waals surface area contributed by atoms with Crippen LogP contribution in [0.5, 0.6) is 11.5 Å². The molecule has 0 unspecified atom stereocenters. The van der Waals surface area contributed by atoms with Crippen molar-refractivity contribution in [3.63, 3.8) is 0 Å². The number of nitrogens with one attached hydrogen (secondary N) is 2. The van der Waals surface area contributed by atoms with E-state index in [0.29, 0.717) is 23.5 Å². The Balaban J connectivity index is 0.000000562. The largest absolute Gasteiger partial charge is 2.00 e. The third kappa shape index (κ3) is 12.9. The third-order valence-corrected chi connectivity index (χ3v) is 2.97. The van der Waals surface area contributed by atoms with Gasteiger partial charge in [-0.2, -0.15) is 0 Å². The summed E-state index contributed by atoms with van der Waals surface area (Å²) in [7, 11) is 0. The molecule has 10 nitrogen and oxygen atoms in total. The van der Waals surface area contributed by atoms with E-state index < -0.39 is 23.8 Å². The SMILES string of the molecule is O=C([O-])/C=C\C(=O)Nc1cccc(O)c1.O=C([O-])/C=C\C(=O)Nc1cccc(O)c1.[Co+2]. The molecular formula is C20H16CoN2O8. The smallest absolute Gasteiger partial charge is 0.545 e. The summed E-state index contributed by atoms with van der Waals surface area (Å²) in [4.78, 5) is 42.1. The van der Waals surface area contributed by atoms with E-state index in [9.17, 15) is 29.4 Å². The Bertz CT molecular complexity index is 909. The number of hydrogen-bond acceptors (Lipinski definition) is 8. The number of carboxylic acids is 2. The fourth-order valence-corrected chi connectivity index (χ4v) is 1.82. The minimum atomic E-state index is -1.44. The average Bonchev–Trinajstić information content (AvgIpc) is 2.65. The zero-order valence-electron chi connectivity index (χ0n) is 15.6. The van der Waals surface area contributed by atoms with Crippen molar-refractivity contribution in [2.24, 2.45) is 0 Å². The van der Waals surface area contributed by atoms with Crippen LogP contribution in [0.4, 0.5) is 11.4 Å². The van der Waals surface area contributed by atoms with Crippen LogP contribution in [0.15, 0.2) is 72.8 Å². The number of hydrogen-bond donors (Lipinski definition) is 4. The number of aliphatic carboxylic acids is 2. The van der Waals surface area contributed by atoms with Crippen LogP contribution in [0.25, 0.3) is 0 Å². The van der Waals surface area contributed by atoms with Crippen molar-refractivity contribution >= 4 is 35.1 Å². The fraction of sp³-hybridized carbons (Fsp3) is 0. The van der Waals surface area contributed by atoms with E-state index in [2.05, 4.69) is 10.6 Å². The Labute approximate surface area is 186 Å². The van der Waals surface area contributed by atoms with Gasteiger partial charge in [-0.05, 0) is 36.4 Å². The number of carbonyl (C=O) groups is 4. The van der Waals surface area contributed by atoms with Crippen LogP contribution in [0.1, 0.15) is 0 Å². The second-order valence-corrected chi connectivity index (χ2v) is 5.38. The Hall–Kier alpha value is -4.09. The number of phenolic OH excluding ortho intramolecular Hbond substituents is 2. The molecule has 0 aliphatic rings. The molecule has 2 aromatic carbocycles.